The lowest BCUT2D eigenvalue weighted by Crippen LogP contribution is -2.34. The number of nitrogens with zero attached hydrogens (tertiary/aromatic N) is 2. The van der Waals surface area contributed by atoms with Crippen molar-refractivity contribution in [2.45, 2.75) is 64.5 Å². The molecule has 1 amide bonds. The van der Waals surface area contributed by atoms with Crippen molar-refractivity contribution in [1.82, 2.24) is 15.1 Å². The summed E-state index contributed by atoms with van der Waals surface area (Å²) in [5.74, 6) is 0.162. The average Bonchev–Trinajstić information content (AvgIpc) is 2.58. The molecule has 0 aliphatic heterocycles. The van der Waals surface area contributed by atoms with E-state index in [0.29, 0.717) is 19.0 Å². The molecule has 0 aromatic carbocycles. The highest BCUT2D eigenvalue weighted by atomic mass is 127. The van der Waals surface area contributed by atoms with Crippen molar-refractivity contribution >= 4 is 28.5 Å². The van der Waals surface area contributed by atoms with Crippen LogP contribution in [-0.2, 0) is 11.3 Å². The van der Waals surface area contributed by atoms with E-state index in [1.54, 1.807) is 0 Å². The van der Waals surface area contributed by atoms with Gasteiger partial charge in [0.15, 0.2) is 0 Å². The standard InChI is InChI=1S/C14H22IN3O/c1-11-13(15)10-18(17-11)9-8-14(19)16-12-6-4-2-3-5-7-12/h10,12H,2-9H2,1H3,(H,16,19). The Kier molecular flexibility index (Phi) is 5.66. The Hall–Kier alpha value is -0.590. The van der Waals surface area contributed by atoms with Crippen molar-refractivity contribution in [2.24, 2.45) is 0 Å². The Labute approximate surface area is 128 Å². The van der Waals surface area contributed by atoms with Gasteiger partial charge in [-0.25, -0.2) is 0 Å². The zero-order valence-electron chi connectivity index (χ0n) is 11.5. The summed E-state index contributed by atoms with van der Waals surface area (Å²) in [5, 5.41) is 7.54. The van der Waals surface area contributed by atoms with E-state index >= 15 is 0 Å². The van der Waals surface area contributed by atoms with Crippen LogP contribution in [0.1, 0.15) is 50.6 Å². The molecule has 0 bridgehead atoms. The first kappa shape index (κ1) is 14.8. The van der Waals surface area contributed by atoms with Gasteiger partial charge in [-0.1, -0.05) is 25.7 Å². The summed E-state index contributed by atoms with van der Waals surface area (Å²) in [5.41, 5.74) is 1.03. The van der Waals surface area contributed by atoms with Gasteiger partial charge in [0.25, 0.3) is 0 Å². The van der Waals surface area contributed by atoms with Crippen LogP contribution in [0.2, 0.25) is 0 Å². The summed E-state index contributed by atoms with van der Waals surface area (Å²) in [4.78, 5) is 11.9. The number of hydrogen-bond donors (Lipinski definition) is 1. The van der Waals surface area contributed by atoms with E-state index in [4.69, 9.17) is 0 Å². The highest BCUT2D eigenvalue weighted by molar-refractivity contribution is 14.1. The monoisotopic (exact) mass is 375 g/mol. The molecule has 19 heavy (non-hydrogen) atoms. The number of amides is 1. The third-order valence-corrected chi connectivity index (χ3v) is 4.73. The molecule has 4 nitrogen and oxygen atoms in total. The second-order valence-electron chi connectivity index (χ2n) is 5.33. The predicted molar refractivity (Wildman–Crippen MR) is 83.9 cm³/mol. The minimum absolute atomic E-state index is 0.162. The van der Waals surface area contributed by atoms with Crippen molar-refractivity contribution in [3.8, 4) is 0 Å². The Morgan fingerprint density at radius 3 is 2.68 bits per heavy atom. The number of halogens is 1. The fourth-order valence-corrected chi connectivity index (χ4v) is 2.98. The lowest BCUT2D eigenvalue weighted by atomic mass is 10.1. The van der Waals surface area contributed by atoms with Crippen LogP contribution in [-0.4, -0.2) is 21.7 Å². The van der Waals surface area contributed by atoms with Gasteiger partial charge in [-0.15, -0.1) is 0 Å². The maximum absolute atomic E-state index is 11.9. The molecule has 1 saturated carbocycles. The normalized spacial score (nSPS) is 17.2. The highest BCUT2D eigenvalue weighted by Crippen LogP contribution is 2.17. The van der Waals surface area contributed by atoms with Gasteiger partial charge in [-0.05, 0) is 42.4 Å². The summed E-state index contributed by atoms with van der Waals surface area (Å²) >= 11 is 2.27. The lowest BCUT2D eigenvalue weighted by molar-refractivity contribution is -0.122. The van der Waals surface area contributed by atoms with Crippen molar-refractivity contribution in [3.05, 3.63) is 15.5 Å². The van der Waals surface area contributed by atoms with Gasteiger partial charge in [0.2, 0.25) is 5.91 Å². The Morgan fingerprint density at radius 2 is 2.11 bits per heavy atom. The van der Waals surface area contributed by atoms with E-state index in [1.165, 1.54) is 25.7 Å². The van der Waals surface area contributed by atoms with E-state index in [2.05, 4.69) is 33.0 Å². The second-order valence-corrected chi connectivity index (χ2v) is 6.49. The Morgan fingerprint density at radius 1 is 1.42 bits per heavy atom. The molecule has 1 aliphatic carbocycles. The molecule has 0 radical (unpaired) electrons. The van der Waals surface area contributed by atoms with Crippen LogP contribution in [0.15, 0.2) is 6.20 Å². The quantitative estimate of drug-likeness (QED) is 0.650. The number of nitrogens with one attached hydrogen (secondary N) is 1. The van der Waals surface area contributed by atoms with E-state index in [9.17, 15) is 4.79 Å². The van der Waals surface area contributed by atoms with E-state index in [1.807, 2.05) is 17.8 Å². The summed E-state index contributed by atoms with van der Waals surface area (Å²) in [6.07, 6.45) is 9.94. The van der Waals surface area contributed by atoms with Crippen molar-refractivity contribution in [2.75, 3.05) is 0 Å². The van der Waals surface area contributed by atoms with Crippen molar-refractivity contribution in [1.29, 1.82) is 0 Å². The maximum Gasteiger partial charge on any atom is 0.222 e. The summed E-state index contributed by atoms with van der Waals surface area (Å²) in [7, 11) is 0. The summed E-state index contributed by atoms with van der Waals surface area (Å²) < 4.78 is 3.02. The molecule has 1 aromatic rings. The molecule has 1 fully saturated rings. The van der Waals surface area contributed by atoms with Gasteiger partial charge in [0.05, 0.1) is 9.26 Å². The fraction of sp³-hybridized carbons (Fsp3) is 0.714. The van der Waals surface area contributed by atoms with E-state index in [0.717, 1.165) is 22.1 Å². The number of hydrogen-bond acceptors (Lipinski definition) is 2. The second kappa shape index (κ2) is 7.26. The van der Waals surface area contributed by atoms with Gasteiger partial charge < -0.3 is 5.32 Å². The Bertz CT molecular complexity index is 403. The number of carbonyl (C=O) groups is 1. The number of rotatable bonds is 4. The lowest BCUT2D eigenvalue weighted by Gasteiger charge is -2.16. The molecular formula is C14H22IN3O. The molecule has 1 N–H and O–H groups in total. The number of aromatic nitrogens is 2. The van der Waals surface area contributed by atoms with Crippen LogP contribution in [0.4, 0.5) is 0 Å². The van der Waals surface area contributed by atoms with Crippen LogP contribution < -0.4 is 5.32 Å². The minimum Gasteiger partial charge on any atom is -0.353 e. The molecule has 0 spiro atoms. The zero-order valence-corrected chi connectivity index (χ0v) is 13.6. The largest absolute Gasteiger partial charge is 0.353 e. The Balaban J connectivity index is 1.74. The van der Waals surface area contributed by atoms with Crippen LogP contribution in [0.5, 0.6) is 0 Å². The molecule has 1 aliphatic rings. The molecule has 2 rings (SSSR count). The smallest absolute Gasteiger partial charge is 0.222 e. The first-order valence-corrected chi connectivity index (χ1v) is 8.22. The number of carbonyl (C=O) groups excluding carboxylic acids is 1. The highest BCUT2D eigenvalue weighted by Gasteiger charge is 2.14. The van der Waals surface area contributed by atoms with Gasteiger partial charge >= 0.3 is 0 Å². The molecule has 5 heteroatoms. The molecule has 0 saturated heterocycles. The first-order chi connectivity index (χ1) is 9.15. The third kappa shape index (κ3) is 4.78. The molecule has 1 aromatic heterocycles. The van der Waals surface area contributed by atoms with Crippen LogP contribution >= 0.6 is 22.6 Å². The van der Waals surface area contributed by atoms with E-state index in [-0.39, 0.29) is 5.91 Å². The predicted octanol–water partition coefficient (Wildman–Crippen LogP) is 3.03. The van der Waals surface area contributed by atoms with Gasteiger partial charge in [-0.2, -0.15) is 5.10 Å². The fourth-order valence-electron chi connectivity index (χ4n) is 2.55. The first-order valence-electron chi connectivity index (χ1n) is 7.14. The van der Waals surface area contributed by atoms with Gasteiger partial charge in [0.1, 0.15) is 0 Å². The number of aryl methyl sites for hydroxylation is 2. The summed E-state index contributed by atoms with van der Waals surface area (Å²) in [6.45, 7) is 2.66. The third-order valence-electron chi connectivity index (χ3n) is 3.67. The van der Waals surface area contributed by atoms with Crippen LogP contribution in [0.25, 0.3) is 0 Å². The zero-order chi connectivity index (χ0) is 13.7. The molecule has 0 unspecified atom stereocenters. The average molecular weight is 375 g/mol. The van der Waals surface area contributed by atoms with Crippen LogP contribution in [0.3, 0.4) is 0 Å². The van der Waals surface area contributed by atoms with Gasteiger partial charge in [-0.3, -0.25) is 9.48 Å². The molecule has 106 valence electrons. The molecular weight excluding hydrogens is 353 g/mol. The topological polar surface area (TPSA) is 46.9 Å². The van der Waals surface area contributed by atoms with E-state index < -0.39 is 0 Å². The van der Waals surface area contributed by atoms with Crippen molar-refractivity contribution < 1.29 is 4.79 Å². The SMILES string of the molecule is Cc1nn(CCC(=O)NC2CCCCCC2)cc1I. The van der Waals surface area contributed by atoms with Crippen molar-refractivity contribution in [3.63, 3.8) is 0 Å². The molecule has 1 heterocycles. The maximum atomic E-state index is 11.9. The minimum atomic E-state index is 0.162. The molecule has 0 atom stereocenters. The summed E-state index contributed by atoms with van der Waals surface area (Å²) in [6, 6.07) is 0.398. The van der Waals surface area contributed by atoms with Crippen LogP contribution in [0, 0.1) is 10.5 Å². The van der Waals surface area contributed by atoms with Gasteiger partial charge in [0, 0.05) is 25.2 Å².